The molecule has 0 spiro atoms. The van der Waals surface area contributed by atoms with Crippen molar-refractivity contribution >= 4 is 23.0 Å². The van der Waals surface area contributed by atoms with Crippen LogP contribution in [0.5, 0.6) is 0 Å². The maximum absolute atomic E-state index is 11.5. The normalized spacial score (nSPS) is 13.9. The van der Waals surface area contributed by atoms with E-state index < -0.39 is 34.5 Å². The summed E-state index contributed by atoms with van der Waals surface area (Å²) in [5.74, 6) is -1.95. The Balaban J connectivity index is -0.000000333. The molecule has 0 radical (unpaired) electrons. The summed E-state index contributed by atoms with van der Waals surface area (Å²) in [7, 11) is 0. The molecular formula is C13H26NNa2O6S-. The molecule has 23 heavy (non-hydrogen) atoms. The van der Waals surface area contributed by atoms with Gasteiger partial charge in [0.2, 0.25) is 0 Å². The van der Waals surface area contributed by atoms with Crippen molar-refractivity contribution in [1.29, 1.82) is 0 Å². The Morgan fingerprint density at radius 2 is 1.78 bits per heavy atom. The Labute approximate surface area is 187 Å². The summed E-state index contributed by atoms with van der Waals surface area (Å²) in [6, 6.07) is -1.15. The number of hydrogen-bond acceptors (Lipinski definition) is 6. The number of ether oxygens (including phenoxy) is 1. The Morgan fingerprint density at radius 1 is 1.22 bits per heavy atom. The molecule has 7 nitrogen and oxygen atoms in total. The first-order valence-corrected chi connectivity index (χ1v) is 8.28. The third kappa shape index (κ3) is 16.2. The van der Waals surface area contributed by atoms with Gasteiger partial charge >= 0.3 is 71.1 Å². The third-order valence-electron chi connectivity index (χ3n) is 3.00. The van der Waals surface area contributed by atoms with Crippen molar-refractivity contribution in [2.24, 2.45) is 5.73 Å². The second-order valence-electron chi connectivity index (χ2n) is 4.87. The average Bonchev–Trinajstić information content (AvgIpc) is 2.42. The molecule has 0 aliphatic carbocycles. The Bertz CT molecular complexity index is 369. The first-order valence-electron chi connectivity index (χ1n) is 7.14. The van der Waals surface area contributed by atoms with Gasteiger partial charge in [0, 0.05) is 6.42 Å². The second-order valence-corrected chi connectivity index (χ2v) is 5.91. The Kier molecular flexibility index (Phi) is 22.3. The molecule has 0 saturated carbocycles. The number of rotatable bonds is 12. The zero-order chi connectivity index (χ0) is 16.3. The Morgan fingerprint density at radius 3 is 2.26 bits per heavy atom. The van der Waals surface area contributed by atoms with Crippen LogP contribution in [0.1, 0.15) is 61.1 Å². The minimum absolute atomic E-state index is 0. The first-order chi connectivity index (χ1) is 9.88. The largest absolute Gasteiger partial charge is 1.00 e. The summed E-state index contributed by atoms with van der Waals surface area (Å²) >= 11 is -2.49. The van der Waals surface area contributed by atoms with Gasteiger partial charge in [0.1, 0.15) is 6.04 Å². The standard InChI is InChI=1S/C13H25NO6S.2Na.2H/c1-2-3-4-5-6-7-12(21(18)19)20-11(15)9-8-10(14)13(16)17;;;;/h10,12H,2-9,14H2,1H3,(H,16,17)(H,18,19);;;;/q;2*+1;2*-1/p-1/t10-,12?;;;;/m0..../s1. The van der Waals surface area contributed by atoms with E-state index in [-0.39, 0.29) is 81.2 Å². The van der Waals surface area contributed by atoms with E-state index in [9.17, 15) is 18.4 Å². The number of carbonyl (C=O) groups is 2. The van der Waals surface area contributed by atoms with Crippen molar-refractivity contribution in [2.75, 3.05) is 0 Å². The molecule has 3 N–H and O–H groups in total. The van der Waals surface area contributed by atoms with Crippen molar-refractivity contribution in [1.82, 2.24) is 0 Å². The SMILES string of the molecule is CCCCCCCC(OC(=O)CC[C@H](N)C(=O)O)S(=O)[O-].[H-].[H-].[Na+].[Na+]. The van der Waals surface area contributed by atoms with Crippen molar-refractivity contribution in [3.8, 4) is 0 Å². The maximum Gasteiger partial charge on any atom is 1.00 e. The van der Waals surface area contributed by atoms with Crippen LogP contribution >= 0.6 is 0 Å². The van der Waals surface area contributed by atoms with Crippen LogP contribution in [0.3, 0.4) is 0 Å². The predicted molar refractivity (Wildman–Crippen MR) is 79.2 cm³/mol. The van der Waals surface area contributed by atoms with Crippen LogP contribution < -0.4 is 64.8 Å². The van der Waals surface area contributed by atoms with Crippen LogP contribution in [0, 0.1) is 0 Å². The summed E-state index contributed by atoms with van der Waals surface area (Å²) in [5.41, 5.74) is 4.09. The van der Waals surface area contributed by atoms with E-state index in [0.29, 0.717) is 6.42 Å². The summed E-state index contributed by atoms with van der Waals surface area (Å²) in [4.78, 5) is 22.0. The van der Waals surface area contributed by atoms with Crippen molar-refractivity contribution < 1.29 is 90.2 Å². The third-order valence-corrected chi connectivity index (χ3v) is 3.76. The van der Waals surface area contributed by atoms with E-state index in [1.165, 1.54) is 0 Å². The van der Waals surface area contributed by atoms with Crippen LogP contribution in [0.4, 0.5) is 0 Å². The van der Waals surface area contributed by atoms with Crippen LogP contribution in [-0.4, -0.2) is 37.3 Å². The van der Waals surface area contributed by atoms with Gasteiger partial charge in [0.15, 0.2) is 5.44 Å². The molecule has 3 atom stereocenters. The molecule has 0 fully saturated rings. The number of esters is 1. The van der Waals surface area contributed by atoms with Crippen molar-refractivity contribution in [3.05, 3.63) is 0 Å². The fraction of sp³-hybridized carbons (Fsp3) is 0.846. The van der Waals surface area contributed by atoms with E-state index >= 15 is 0 Å². The van der Waals surface area contributed by atoms with Gasteiger partial charge < -0.3 is 23.0 Å². The average molecular weight is 370 g/mol. The quantitative estimate of drug-likeness (QED) is 0.153. The van der Waals surface area contributed by atoms with Crippen molar-refractivity contribution in [3.63, 3.8) is 0 Å². The monoisotopic (exact) mass is 370 g/mol. The molecule has 0 saturated heterocycles. The van der Waals surface area contributed by atoms with Gasteiger partial charge in [-0.25, -0.2) is 0 Å². The second kappa shape index (κ2) is 17.8. The van der Waals surface area contributed by atoms with E-state index in [2.05, 4.69) is 6.92 Å². The van der Waals surface area contributed by atoms with Crippen LogP contribution in [-0.2, 0) is 25.4 Å². The van der Waals surface area contributed by atoms with E-state index in [4.69, 9.17) is 15.6 Å². The molecule has 0 aromatic carbocycles. The zero-order valence-corrected chi connectivity index (χ0v) is 19.1. The topological polar surface area (TPSA) is 130 Å². The number of aliphatic carboxylic acids is 1. The summed E-state index contributed by atoms with van der Waals surface area (Å²) < 4.78 is 26.9. The summed E-state index contributed by atoms with van der Waals surface area (Å²) in [6.07, 6.45) is 4.74. The number of nitrogens with two attached hydrogens (primary N) is 1. The molecule has 10 heteroatoms. The Hall–Kier alpha value is 1.01. The molecule has 2 unspecified atom stereocenters. The summed E-state index contributed by atoms with van der Waals surface area (Å²) in [5, 5.41) is 8.58. The number of hydrogen-bond donors (Lipinski definition) is 2. The predicted octanol–water partition coefficient (Wildman–Crippen LogP) is -4.48. The van der Waals surface area contributed by atoms with Crippen molar-refractivity contribution in [2.45, 2.75) is 69.8 Å². The van der Waals surface area contributed by atoms with E-state index in [0.717, 1.165) is 25.7 Å². The van der Waals surface area contributed by atoms with Gasteiger partial charge in [-0.05, 0) is 30.3 Å². The van der Waals surface area contributed by atoms with Gasteiger partial charge in [0.25, 0.3) is 0 Å². The number of carboxylic acid groups (broad SMARTS) is 1. The molecule has 0 aromatic rings. The molecule has 0 heterocycles. The zero-order valence-electron chi connectivity index (χ0n) is 16.3. The fourth-order valence-electron chi connectivity index (χ4n) is 1.71. The molecule has 0 aliphatic rings. The van der Waals surface area contributed by atoms with Gasteiger partial charge in [-0.2, -0.15) is 0 Å². The number of carbonyl (C=O) groups excluding carboxylic acids is 1. The minimum atomic E-state index is -2.49. The smallest absolute Gasteiger partial charge is 1.00 e. The number of unbranched alkanes of at least 4 members (excludes halogenated alkanes) is 4. The summed E-state index contributed by atoms with van der Waals surface area (Å²) in [6.45, 7) is 2.08. The van der Waals surface area contributed by atoms with Crippen LogP contribution in [0.15, 0.2) is 0 Å². The molecule has 0 aromatic heterocycles. The van der Waals surface area contributed by atoms with Gasteiger partial charge in [0.05, 0.1) is 0 Å². The first kappa shape index (κ1) is 28.8. The maximum atomic E-state index is 11.5. The molecule has 0 rings (SSSR count). The van der Waals surface area contributed by atoms with Gasteiger partial charge in [-0.3, -0.25) is 13.8 Å². The van der Waals surface area contributed by atoms with Gasteiger partial charge in [-0.1, -0.05) is 32.6 Å². The molecular weight excluding hydrogens is 344 g/mol. The van der Waals surface area contributed by atoms with Gasteiger partial charge in [-0.15, -0.1) is 0 Å². The molecule has 128 valence electrons. The minimum Gasteiger partial charge on any atom is -1.00 e. The van der Waals surface area contributed by atoms with Crippen LogP contribution in [0.25, 0.3) is 0 Å². The number of carboxylic acids is 1. The van der Waals surface area contributed by atoms with Crippen LogP contribution in [0.2, 0.25) is 0 Å². The van der Waals surface area contributed by atoms with E-state index in [1.807, 2.05) is 0 Å². The molecule has 0 bridgehead atoms. The molecule has 0 amide bonds. The fourth-order valence-corrected chi connectivity index (χ4v) is 2.26. The van der Waals surface area contributed by atoms with E-state index in [1.54, 1.807) is 0 Å². The molecule has 0 aliphatic heterocycles.